The fraction of sp³-hybridized carbons (Fsp3) is 0.429. The van der Waals surface area contributed by atoms with Crippen LogP contribution in [0.25, 0.3) is 10.9 Å². The minimum absolute atomic E-state index is 0.663. The van der Waals surface area contributed by atoms with E-state index in [1.54, 1.807) is 6.20 Å². The van der Waals surface area contributed by atoms with Gasteiger partial charge in [-0.05, 0) is 17.7 Å². The van der Waals surface area contributed by atoms with Gasteiger partial charge in [-0.25, -0.2) is 8.78 Å². The topological polar surface area (TPSA) is 31.1 Å². The molecule has 19 heavy (non-hydrogen) atoms. The third kappa shape index (κ3) is 2.35. The largest absolute Gasteiger partial charge is 0.361 e. The van der Waals surface area contributed by atoms with Crippen LogP contribution in [0, 0.1) is 0 Å². The van der Waals surface area contributed by atoms with Gasteiger partial charge in [-0.3, -0.25) is 4.90 Å². The second kappa shape index (κ2) is 5.27. The molecule has 1 aliphatic rings. The molecule has 1 fully saturated rings. The molecular weight excluding hydrogens is 248 g/mol. The number of hydrogen-bond donors (Lipinski definition) is 2. The Morgan fingerprint density at radius 1 is 1.11 bits per heavy atom. The highest BCUT2D eigenvalue weighted by Crippen LogP contribution is 2.32. The Morgan fingerprint density at radius 2 is 1.89 bits per heavy atom. The molecule has 1 atom stereocenters. The number of alkyl halides is 2. The van der Waals surface area contributed by atoms with Gasteiger partial charge in [0.05, 0.1) is 6.04 Å². The Kier molecular flexibility index (Phi) is 3.48. The van der Waals surface area contributed by atoms with Crippen molar-refractivity contribution >= 4 is 10.9 Å². The van der Waals surface area contributed by atoms with Crippen LogP contribution < -0.4 is 5.32 Å². The molecule has 1 aromatic carbocycles. The number of nitrogens with zero attached hydrogens (tertiary/aromatic N) is 1. The Balaban J connectivity index is 2.01. The van der Waals surface area contributed by atoms with E-state index >= 15 is 0 Å². The lowest BCUT2D eigenvalue weighted by Crippen LogP contribution is -2.46. The van der Waals surface area contributed by atoms with Crippen LogP contribution in [0.4, 0.5) is 8.78 Å². The first-order valence-electron chi connectivity index (χ1n) is 6.56. The smallest absolute Gasteiger partial charge is 0.258 e. The number of hydrogen-bond acceptors (Lipinski definition) is 2. The fourth-order valence-corrected chi connectivity index (χ4v) is 2.82. The van der Waals surface area contributed by atoms with E-state index in [1.807, 2.05) is 29.2 Å². The van der Waals surface area contributed by atoms with Crippen LogP contribution in [-0.4, -0.2) is 42.5 Å². The number of aromatic amines is 1. The van der Waals surface area contributed by atoms with Crippen LogP contribution in [0.3, 0.4) is 0 Å². The van der Waals surface area contributed by atoms with Crippen LogP contribution in [0.15, 0.2) is 30.5 Å². The molecule has 1 aliphatic heterocycles. The van der Waals surface area contributed by atoms with E-state index in [2.05, 4.69) is 10.3 Å². The SMILES string of the molecule is FC(F)[C@H](c1cccc2[nH]ccc12)N1CCNCC1. The Morgan fingerprint density at radius 3 is 2.63 bits per heavy atom. The van der Waals surface area contributed by atoms with E-state index in [0.29, 0.717) is 13.1 Å². The zero-order chi connectivity index (χ0) is 13.2. The molecule has 0 unspecified atom stereocenters. The van der Waals surface area contributed by atoms with Crippen molar-refractivity contribution in [2.45, 2.75) is 12.5 Å². The summed E-state index contributed by atoms with van der Waals surface area (Å²) in [5.74, 6) is 0. The first-order valence-corrected chi connectivity index (χ1v) is 6.56. The molecular formula is C14H17F2N3. The number of piperazine rings is 1. The van der Waals surface area contributed by atoms with Crippen molar-refractivity contribution in [3.8, 4) is 0 Å². The molecule has 1 saturated heterocycles. The molecule has 0 aliphatic carbocycles. The summed E-state index contributed by atoms with van der Waals surface area (Å²) in [5.41, 5.74) is 1.63. The highest BCUT2D eigenvalue weighted by Gasteiger charge is 2.31. The Labute approximate surface area is 110 Å². The fourth-order valence-electron chi connectivity index (χ4n) is 2.82. The van der Waals surface area contributed by atoms with Gasteiger partial charge >= 0.3 is 0 Å². The van der Waals surface area contributed by atoms with Crippen molar-refractivity contribution in [2.24, 2.45) is 0 Å². The molecule has 3 rings (SSSR count). The van der Waals surface area contributed by atoms with Crippen molar-refractivity contribution in [3.63, 3.8) is 0 Å². The quantitative estimate of drug-likeness (QED) is 0.892. The van der Waals surface area contributed by atoms with Crippen molar-refractivity contribution < 1.29 is 8.78 Å². The molecule has 0 spiro atoms. The summed E-state index contributed by atoms with van der Waals surface area (Å²) in [6.07, 6.45) is -0.576. The van der Waals surface area contributed by atoms with E-state index < -0.39 is 12.5 Å². The van der Waals surface area contributed by atoms with E-state index in [0.717, 1.165) is 29.6 Å². The second-order valence-electron chi connectivity index (χ2n) is 4.85. The maximum atomic E-state index is 13.5. The Bertz CT molecular complexity index is 546. The highest BCUT2D eigenvalue weighted by molar-refractivity contribution is 5.83. The van der Waals surface area contributed by atoms with Crippen molar-refractivity contribution in [3.05, 3.63) is 36.0 Å². The molecule has 5 heteroatoms. The van der Waals surface area contributed by atoms with E-state index in [1.165, 1.54) is 0 Å². The normalized spacial score (nSPS) is 19.1. The summed E-state index contributed by atoms with van der Waals surface area (Å²) >= 11 is 0. The molecule has 0 radical (unpaired) electrons. The van der Waals surface area contributed by atoms with E-state index in [4.69, 9.17) is 0 Å². The number of halogens is 2. The van der Waals surface area contributed by atoms with Gasteiger partial charge in [-0.1, -0.05) is 12.1 Å². The lowest BCUT2D eigenvalue weighted by molar-refractivity contribution is 0.0189. The average molecular weight is 265 g/mol. The molecule has 0 amide bonds. The summed E-state index contributed by atoms with van der Waals surface area (Å²) in [5, 5.41) is 4.09. The Hall–Kier alpha value is -1.46. The summed E-state index contributed by atoms with van der Waals surface area (Å²) < 4.78 is 27.1. The first-order chi connectivity index (χ1) is 9.27. The molecule has 1 aromatic heterocycles. The molecule has 2 aromatic rings. The summed E-state index contributed by atoms with van der Waals surface area (Å²) in [6, 6.07) is 6.63. The van der Waals surface area contributed by atoms with Gasteiger partial charge in [0, 0.05) is 43.3 Å². The average Bonchev–Trinajstić information content (AvgIpc) is 2.89. The van der Waals surface area contributed by atoms with Gasteiger partial charge in [0.2, 0.25) is 0 Å². The summed E-state index contributed by atoms with van der Waals surface area (Å²) in [6.45, 7) is 2.87. The van der Waals surface area contributed by atoms with Gasteiger partial charge in [0.25, 0.3) is 6.43 Å². The first kappa shape index (κ1) is 12.6. The van der Waals surface area contributed by atoms with Crippen molar-refractivity contribution in [1.82, 2.24) is 15.2 Å². The predicted molar refractivity (Wildman–Crippen MR) is 71.5 cm³/mol. The molecule has 0 bridgehead atoms. The number of H-pyrrole nitrogens is 1. The van der Waals surface area contributed by atoms with Crippen molar-refractivity contribution in [1.29, 1.82) is 0 Å². The standard InChI is InChI=1S/C14H17F2N3/c15-14(16)13(19-8-6-17-7-9-19)11-2-1-3-12-10(11)4-5-18-12/h1-5,13-14,17-18H,6-9H2/t13-/m0/s1. The number of aromatic nitrogens is 1. The third-order valence-electron chi connectivity index (χ3n) is 3.73. The van der Waals surface area contributed by atoms with Crippen LogP contribution in [-0.2, 0) is 0 Å². The monoisotopic (exact) mass is 265 g/mol. The van der Waals surface area contributed by atoms with E-state index in [-0.39, 0.29) is 0 Å². The number of benzene rings is 1. The predicted octanol–water partition coefficient (Wildman–Crippen LogP) is 2.38. The zero-order valence-corrected chi connectivity index (χ0v) is 10.6. The minimum atomic E-state index is -2.38. The molecule has 102 valence electrons. The van der Waals surface area contributed by atoms with Gasteiger partial charge in [-0.2, -0.15) is 0 Å². The molecule has 2 N–H and O–H groups in total. The number of nitrogens with one attached hydrogen (secondary N) is 2. The lowest BCUT2D eigenvalue weighted by atomic mass is 10.0. The third-order valence-corrected chi connectivity index (χ3v) is 3.73. The summed E-state index contributed by atoms with van der Waals surface area (Å²) in [7, 11) is 0. The maximum Gasteiger partial charge on any atom is 0.258 e. The molecule has 0 saturated carbocycles. The minimum Gasteiger partial charge on any atom is -0.361 e. The van der Waals surface area contributed by atoms with Crippen LogP contribution in [0.5, 0.6) is 0 Å². The van der Waals surface area contributed by atoms with Gasteiger partial charge < -0.3 is 10.3 Å². The molecule has 3 nitrogen and oxygen atoms in total. The van der Waals surface area contributed by atoms with Crippen molar-refractivity contribution in [2.75, 3.05) is 26.2 Å². The van der Waals surface area contributed by atoms with Crippen LogP contribution in [0.1, 0.15) is 11.6 Å². The lowest BCUT2D eigenvalue weighted by Gasteiger charge is -2.35. The van der Waals surface area contributed by atoms with Gasteiger partial charge in [-0.15, -0.1) is 0 Å². The highest BCUT2D eigenvalue weighted by atomic mass is 19.3. The van der Waals surface area contributed by atoms with Crippen LogP contribution in [0.2, 0.25) is 0 Å². The van der Waals surface area contributed by atoms with Gasteiger partial charge in [0.15, 0.2) is 0 Å². The number of rotatable bonds is 3. The van der Waals surface area contributed by atoms with Gasteiger partial charge in [0.1, 0.15) is 0 Å². The van der Waals surface area contributed by atoms with Crippen LogP contribution >= 0.6 is 0 Å². The summed E-state index contributed by atoms with van der Waals surface area (Å²) in [4.78, 5) is 4.96. The van der Waals surface area contributed by atoms with E-state index in [9.17, 15) is 8.78 Å². The molecule has 2 heterocycles. The number of fused-ring (bicyclic) bond motifs is 1. The zero-order valence-electron chi connectivity index (χ0n) is 10.6. The second-order valence-corrected chi connectivity index (χ2v) is 4.85. The maximum absolute atomic E-state index is 13.5.